The zero-order valence-corrected chi connectivity index (χ0v) is 13.7. The molecular weight excluding hydrogens is 322 g/mol. The Balaban J connectivity index is 2.16. The van der Waals surface area contributed by atoms with Crippen molar-refractivity contribution in [1.29, 1.82) is 0 Å². The summed E-state index contributed by atoms with van der Waals surface area (Å²) in [6.07, 6.45) is 3.55. The van der Waals surface area contributed by atoms with Crippen molar-refractivity contribution in [2.24, 2.45) is 5.92 Å². The van der Waals surface area contributed by atoms with Gasteiger partial charge in [0.1, 0.15) is 5.69 Å². The molecule has 1 atom stereocenters. The molecule has 3 N–H and O–H groups in total. The fourth-order valence-corrected chi connectivity index (χ4v) is 3.57. The van der Waals surface area contributed by atoms with Crippen LogP contribution in [0, 0.1) is 16.0 Å². The molecule has 0 amide bonds. The van der Waals surface area contributed by atoms with E-state index in [1.807, 2.05) is 0 Å². The predicted octanol–water partition coefficient (Wildman–Crippen LogP) is 1.47. The molecule has 8 nitrogen and oxygen atoms in total. The summed E-state index contributed by atoms with van der Waals surface area (Å²) >= 11 is 0. The van der Waals surface area contributed by atoms with Gasteiger partial charge in [-0.25, -0.2) is 13.1 Å². The summed E-state index contributed by atoms with van der Waals surface area (Å²) in [5, 5.41) is 24.2. The van der Waals surface area contributed by atoms with Crippen molar-refractivity contribution >= 4 is 21.4 Å². The third-order valence-electron chi connectivity index (χ3n) is 4.19. The summed E-state index contributed by atoms with van der Waals surface area (Å²) in [6.45, 7) is 0.198. The van der Waals surface area contributed by atoms with Crippen LogP contribution in [0.15, 0.2) is 23.1 Å². The molecule has 1 fully saturated rings. The van der Waals surface area contributed by atoms with Gasteiger partial charge in [0.15, 0.2) is 0 Å². The summed E-state index contributed by atoms with van der Waals surface area (Å²) in [6, 6.07) is 3.66. The van der Waals surface area contributed by atoms with Crippen LogP contribution < -0.4 is 10.0 Å². The first kappa shape index (κ1) is 17.6. The molecule has 1 unspecified atom stereocenters. The number of benzene rings is 1. The fraction of sp³-hybridized carbons (Fsp3) is 0.571. The van der Waals surface area contributed by atoms with Gasteiger partial charge in [-0.3, -0.25) is 10.1 Å². The number of hydrogen-bond acceptors (Lipinski definition) is 6. The Morgan fingerprint density at radius 2 is 2.04 bits per heavy atom. The van der Waals surface area contributed by atoms with E-state index >= 15 is 0 Å². The molecule has 0 heterocycles. The molecule has 1 aliphatic rings. The van der Waals surface area contributed by atoms with Crippen LogP contribution in [0.1, 0.15) is 25.7 Å². The number of nitro groups is 1. The normalized spacial score (nSPS) is 17.1. The van der Waals surface area contributed by atoms with Gasteiger partial charge in [0, 0.05) is 12.6 Å². The number of aliphatic hydroxyl groups excluding tert-OH is 1. The molecule has 2 rings (SSSR count). The second kappa shape index (κ2) is 7.24. The third kappa shape index (κ3) is 4.18. The van der Waals surface area contributed by atoms with Crippen molar-refractivity contribution in [3.8, 4) is 0 Å². The smallest absolute Gasteiger partial charge is 0.293 e. The average molecular weight is 343 g/mol. The molecular formula is C14H21N3O5S. The number of aliphatic hydroxyl groups is 1. The fourth-order valence-electron chi connectivity index (χ4n) is 2.82. The Morgan fingerprint density at radius 3 is 2.61 bits per heavy atom. The number of hydrogen-bond donors (Lipinski definition) is 3. The maximum absolute atomic E-state index is 11.7. The highest BCUT2D eigenvalue weighted by Gasteiger charge is 2.25. The number of anilines is 1. The van der Waals surface area contributed by atoms with Crippen molar-refractivity contribution in [3.63, 3.8) is 0 Å². The standard InChI is InChI=1S/C14H21N3O5S/c1-15-23(21,22)11-6-7-12(13(8-11)17(19)20)16-9-14(18)10-4-2-3-5-10/h6-8,10,14-16,18H,2-5,9H2,1H3. The summed E-state index contributed by atoms with van der Waals surface area (Å²) < 4.78 is 25.6. The lowest BCUT2D eigenvalue weighted by molar-refractivity contribution is -0.384. The van der Waals surface area contributed by atoms with E-state index in [2.05, 4.69) is 10.0 Å². The summed E-state index contributed by atoms with van der Waals surface area (Å²) in [7, 11) is -2.51. The lowest BCUT2D eigenvalue weighted by Crippen LogP contribution is -2.27. The zero-order valence-electron chi connectivity index (χ0n) is 12.9. The summed E-state index contributed by atoms with van der Waals surface area (Å²) in [5.41, 5.74) is -0.137. The van der Waals surface area contributed by atoms with Gasteiger partial charge in [-0.15, -0.1) is 0 Å². The van der Waals surface area contributed by atoms with Crippen molar-refractivity contribution in [2.75, 3.05) is 18.9 Å². The zero-order chi connectivity index (χ0) is 17.0. The van der Waals surface area contributed by atoms with Gasteiger partial charge in [-0.05, 0) is 37.9 Å². The summed E-state index contributed by atoms with van der Waals surface area (Å²) in [4.78, 5) is 10.4. The van der Waals surface area contributed by atoms with Crippen LogP contribution in [0.5, 0.6) is 0 Å². The lowest BCUT2D eigenvalue weighted by Gasteiger charge is -2.18. The molecule has 1 aliphatic carbocycles. The van der Waals surface area contributed by atoms with E-state index in [0.29, 0.717) is 0 Å². The molecule has 0 aromatic heterocycles. The Morgan fingerprint density at radius 1 is 1.39 bits per heavy atom. The van der Waals surface area contributed by atoms with Crippen LogP contribution in [-0.4, -0.2) is 38.1 Å². The minimum Gasteiger partial charge on any atom is -0.391 e. The van der Waals surface area contributed by atoms with Crippen molar-refractivity contribution in [3.05, 3.63) is 28.3 Å². The predicted molar refractivity (Wildman–Crippen MR) is 85.8 cm³/mol. The van der Waals surface area contributed by atoms with E-state index in [9.17, 15) is 23.6 Å². The Kier molecular flexibility index (Phi) is 5.55. The van der Waals surface area contributed by atoms with Gasteiger partial charge in [-0.2, -0.15) is 0 Å². The van der Waals surface area contributed by atoms with E-state index in [1.54, 1.807) is 0 Å². The highest BCUT2D eigenvalue weighted by Crippen LogP contribution is 2.30. The Labute approximate surface area is 135 Å². The highest BCUT2D eigenvalue weighted by molar-refractivity contribution is 7.89. The Hall–Kier alpha value is -1.71. The average Bonchev–Trinajstić information content (AvgIpc) is 3.06. The van der Waals surface area contributed by atoms with Gasteiger partial charge in [0.25, 0.3) is 5.69 Å². The quantitative estimate of drug-likeness (QED) is 0.509. The molecule has 23 heavy (non-hydrogen) atoms. The molecule has 0 saturated heterocycles. The van der Waals surface area contributed by atoms with E-state index in [0.717, 1.165) is 31.7 Å². The molecule has 0 aliphatic heterocycles. The van der Waals surface area contributed by atoms with Crippen LogP contribution in [-0.2, 0) is 10.0 Å². The van der Waals surface area contributed by atoms with Gasteiger partial charge >= 0.3 is 0 Å². The molecule has 1 aromatic rings. The van der Waals surface area contributed by atoms with Crippen molar-refractivity contribution in [1.82, 2.24) is 4.72 Å². The Bertz CT molecular complexity index is 671. The van der Waals surface area contributed by atoms with E-state index in [1.165, 1.54) is 19.2 Å². The van der Waals surface area contributed by atoms with Crippen LogP contribution in [0.25, 0.3) is 0 Å². The number of rotatable bonds is 7. The first-order valence-electron chi connectivity index (χ1n) is 7.49. The van der Waals surface area contributed by atoms with Gasteiger partial charge < -0.3 is 10.4 Å². The molecule has 128 valence electrons. The monoisotopic (exact) mass is 343 g/mol. The molecule has 0 bridgehead atoms. The van der Waals surface area contributed by atoms with Gasteiger partial charge in [0.05, 0.1) is 15.9 Å². The number of nitrogens with zero attached hydrogens (tertiary/aromatic N) is 1. The molecule has 1 aromatic carbocycles. The first-order valence-corrected chi connectivity index (χ1v) is 8.97. The van der Waals surface area contributed by atoms with Gasteiger partial charge in [-0.1, -0.05) is 12.8 Å². The summed E-state index contributed by atoms with van der Waals surface area (Å²) in [5.74, 6) is 0.213. The minimum absolute atomic E-state index is 0.173. The van der Waals surface area contributed by atoms with Crippen molar-refractivity contribution in [2.45, 2.75) is 36.7 Å². The van der Waals surface area contributed by atoms with Crippen LogP contribution in [0.2, 0.25) is 0 Å². The SMILES string of the molecule is CNS(=O)(=O)c1ccc(NCC(O)C2CCCC2)c([N+](=O)[O-])c1. The molecule has 0 spiro atoms. The highest BCUT2D eigenvalue weighted by atomic mass is 32.2. The van der Waals surface area contributed by atoms with E-state index in [-0.39, 0.29) is 28.7 Å². The van der Waals surface area contributed by atoms with Gasteiger partial charge in [0.2, 0.25) is 10.0 Å². The van der Waals surface area contributed by atoms with Crippen LogP contribution in [0.4, 0.5) is 11.4 Å². The third-order valence-corrected chi connectivity index (χ3v) is 5.60. The second-order valence-electron chi connectivity index (χ2n) is 5.64. The maximum atomic E-state index is 11.7. The largest absolute Gasteiger partial charge is 0.391 e. The van der Waals surface area contributed by atoms with Crippen LogP contribution in [0.3, 0.4) is 0 Å². The van der Waals surface area contributed by atoms with Crippen LogP contribution >= 0.6 is 0 Å². The first-order chi connectivity index (χ1) is 10.8. The van der Waals surface area contributed by atoms with E-state index in [4.69, 9.17) is 0 Å². The topological polar surface area (TPSA) is 122 Å². The molecule has 0 radical (unpaired) electrons. The van der Waals surface area contributed by atoms with E-state index < -0.39 is 21.1 Å². The van der Waals surface area contributed by atoms with Crippen molar-refractivity contribution < 1.29 is 18.4 Å². The number of sulfonamides is 1. The number of nitrogens with one attached hydrogen (secondary N) is 2. The minimum atomic E-state index is -3.75. The lowest BCUT2D eigenvalue weighted by atomic mass is 10.0. The second-order valence-corrected chi connectivity index (χ2v) is 7.52. The molecule has 1 saturated carbocycles. The maximum Gasteiger partial charge on any atom is 0.293 e. The number of nitro benzene ring substituents is 1. The molecule has 9 heteroatoms.